The van der Waals surface area contributed by atoms with Gasteiger partial charge < -0.3 is 9.64 Å². The standard InChI is InChI=1S/C16H18F2N4O2/c17-16(18)22-8-5-14(20-22)15(23)21-7-2-4-13(10-21)24-11-12-3-1-6-19-9-12/h1,3,5-6,8-9,13,16H,2,4,7,10-11H2/t13-/m0/s1. The summed E-state index contributed by atoms with van der Waals surface area (Å²) in [7, 11) is 0. The lowest BCUT2D eigenvalue weighted by Gasteiger charge is -2.32. The number of hydrogen-bond acceptors (Lipinski definition) is 4. The predicted octanol–water partition coefficient (Wildman–Crippen LogP) is 2.49. The molecule has 1 amide bonds. The van der Waals surface area contributed by atoms with Gasteiger partial charge in [-0.1, -0.05) is 6.07 Å². The molecule has 3 heterocycles. The Morgan fingerprint density at radius 1 is 1.42 bits per heavy atom. The molecule has 2 aromatic heterocycles. The zero-order valence-electron chi connectivity index (χ0n) is 13.0. The molecule has 3 rings (SSSR count). The molecule has 8 heteroatoms. The zero-order chi connectivity index (χ0) is 16.9. The van der Waals surface area contributed by atoms with Crippen LogP contribution in [0.1, 0.15) is 35.4 Å². The summed E-state index contributed by atoms with van der Waals surface area (Å²) in [5.74, 6) is -0.343. The fourth-order valence-electron chi connectivity index (χ4n) is 2.68. The van der Waals surface area contributed by atoms with E-state index in [4.69, 9.17) is 4.74 Å². The smallest absolute Gasteiger partial charge is 0.333 e. The van der Waals surface area contributed by atoms with Gasteiger partial charge in [-0.15, -0.1) is 0 Å². The molecule has 0 bridgehead atoms. The molecule has 6 nitrogen and oxygen atoms in total. The Morgan fingerprint density at radius 3 is 3.00 bits per heavy atom. The first-order valence-corrected chi connectivity index (χ1v) is 7.76. The summed E-state index contributed by atoms with van der Waals surface area (Å²) in [6.45, 7) is -1.31. The van der Waals surface area contributed by atoms with E-state index in [2.05, 4.69) is 10.1 Å². The fraction of sp³-hybridized carbons (Fsp3) is 0.438. The quantitative estimate of drug-likeness (QED) is 0.842. The van der Waals surface area contributed by atoms with Crippen molar-refractivity contribution in [2.45, 2.75) is 32.1 Å². The maximum atomic E-state index is 12.6. The molecule has 0 aromatic carbocycles. The largest absolute Gasteiger partial charge is 0.372 e. The molecule has 0 radical (unpaired) electrons. The molecule has 24 heavy (non-hydrogen) atoms. The van der Waals surface area contributed by atoms with Crippen LogP contribution in [-0.2, 0) is 11.3 Å². The number of pyridine rings is 1. The highest BCUT2D eigenvalue weighted by Crippen LogP contribution is 2.18. The lowest BCUT2D eigenvalue weighted by molar-refractivity contribution is -0.00711. The van der Waals surface area contributed by atoms with Gasteiger partial charge in [-0.2, -0.15) is 13.9 Å². The summed E-state index contributed by atoms with van der Waals surface area (Å²) in [4.78, 5) is 18.0. The third kappa shape index (κ3) is 3.94. The number of halogens is 2. The van der Waals surface area contributed by atoms with Gasteiger partial charge in [0.1, 0.15) is 0 Å². The first-order chi connectivity index (χ1) is 11.6. The van der Waals surface area contributed by atoms with Crippen LogP contribution in [0.5, 0.6) is 0 Å². The highest BCUT2D eigenvalue weighted by atomic mass is 19.3. The second kappa shape index (κ2) is 7.48. The van der Waals surface area contributed by atoms with Crippen LogP contribution >= 0.6 is 0 Å². The lowest BCUT2D eigenvalue weighted by Crippen LogP contribution is -2.43. The number of carbonyl (C=O) groups is 1. The normalized spacial score (nSPS) is 18.1. The number of hydrogen-bond donors (Lipinski definition) is 0. The number of alkyl halides is 2. The number of likely N-dealkylation sites (tertiary alicyclic amines) is 1. The summed E-state index contributed by atoms with van der Waals surface area (Å²) >= 11 is 0. The third-order valence-corrected chi connectivity index (χ3v) is 3.90. The molecule has 1 atom stereocenters. The summed E-state index contributed by atoms with van der Waals surface area (Å²) in [5.41, 5.74) is 1.000. The van der Waals surface area contributed by atoms with Crippen molar-refractivity contribution in [3.63, 3.8) is 0 Å². The number of aromatic nitrogens is 3. The molecule has 0 saturated carbocycles. The molecular weight excluding hydrogens is 318 g/mol. The average Bonchev–Trinajstić information content (AvgIpc) is 3.11. The van der Waals surface area contributed by atoms with Gasteiger partial charge in [-0.05, 0) is 30.5 Å². The minimum atomic E-state index is -2.75. The Labute approximate surface area is 138 Å². The van der Waals surface area contributed by atoms with Crippen LogP contribution in [0.25, 0.3) is 0 Å². The van der Waals surface area contributed by atoms with Crippen LogP contribution in [0.4, 0.5) is 8.78 Å². The van der Waals surface area contributed by atoms with E-state index in [0.717, 1.165) is 24.6 Å². The monoisotopic (exact) mass is 336 g/mol. The van der Waals surface area contributed by atoms with E-state index in [1.165, 1.54) is 6.07 Å². The first-order valence-electron chi connectivity index (χ1n) is 7.76. The van der Waals surface area contributed by atoms with Crippen molar-refractivity contribution in [2.75, 3.05) is 13.1 Å². The Morgan fingerprint density at radius 2 is 2.29 bits per heavy atom. The molecule has 0 spiro atoms. The van der Waals surface area contributed by atoms with E-state index in [0.29, 0.717) is 24.4 Å². The van der Waals surface area contributed by atoms with Crippen molar-refractivity contribution in [1.29, 1.82) is 0 Å². The molecule has 1 aliphatic rings. The molecule has 0 aliphatic carbocycles. The number of amides is 1. The third-order valence-electron chi connectivity index (χ3n) is 3.90. The Bertz CT molecular complexity index is 678. The van der Waals surface area contributed by atoms with Gasteiger partial charge in [0.2, 0.25) is 0 Å². The van der Waals surface area contributed by atoms with Crippen LogP contribution in [0.15, 0.2) is 36.8 Å². The summed E-state index contributed by atoms with van der Waals surface area (Å²) < 4.78 is 31.4. The molecule has 1 aliphatic heterocycles. The minimum absolute atomic E-state index is 0.0307. The van der Waals surface area contributed by atoms with E-state index >= 15 is 0 Å². The van der Waals surface area contributed by atoms with E-state index in [1.54, 1.807) is 17.3 Å². The molecule has 2 aromatic rings. The second-order valence-corrected chi connectivity index (χ2v) is 5.65. The van der Waals surface area contributed by atoms with Crippen molar-refractivity contribution in [3.8, 4) is 0 Å². The fourth-order valence-corrected chi connectivity index (χ4v) is 2.68. The second-order valence-electron chi connectivity index (χ2n) is 5.65. The van der Waals surface area contributed by atoms with Crippen molar-refractivity contribution < 1.29 is 18.3 Å². The lowest BCUT2D eigenvalue weighted by atomic mass is 10.1. The Kier molecular flexibility index (Phi) is 5.14. The van der Waals surface area contributed by atoms with E-state index in [9.17, 15) is 13.6 Å². The van der Waals surface area contributed by atoms with Gasteiger partial charge in [0.15, 0.2) is 5.69 Å². The van der Waals surface area contributed by atoms with Crippen molar-refractivity contribution in [2.24, 2.45) is 0 Å². The van der Waals surface area contributed by atoms with Crippen LogP contribution in [0.2, 0.25) is 0 Å². The molecule has 0 unspecified atom stereocenters. The Balaban J connectivity index is 1.57. The number of carbonyl (C=O) groups excluding carboxylic acids is 1. The van der Waals surface area contributed by atoms with Crippen LogP contribution in [-0.4, -0.2) is 44.8 Å². The minimum Gasteiger partial charge on any atom is -0.372 e. The predicted molar refractivity (Wildman–Crippen MR) is 81.4 cm³/mol. The molecule has 128 valence electrons. The molecular formula is C16H18F2N4O2. The SMILES string of the molecule is O=C(c1ccn(C(F)F)n1)N1CCC[C@H](OCc2cccnc2)C1. The summed E-state index contributed by atoms with van der Waals surface area (Å²) in [6.07, 6.45) is 6.12. The van der Waals surface area contributed by atoms with Gasteiger partial charge in [0.05, 0.1) is 12.7 Å². The number of piperidine rings is 1. The highest BCUT2D eigenvalue weighted by Gasteiger charge is 2.26. The van der Waals surface area contributed by atoms with Gasteiger partial charge in [-0.3, -0.25) is 9.78 Å². The van der Waals surface area contributed by atoms with Gasteiger partial charge in [0.25, 0.3) is 5.91 Å². The van der Waals surface area contributed by atoms with Crippen molar-refractivity contribution >= 4 is 5.91 Å². The van der Waals surface area contributed by atoms with Crippen LogP contribution in [0, 0.1) is 0 Å². The maximum Gasteiger partial charge on any atom is 0.333 e. The van der Waals surface area contributed by atoms with E-state index < -0.39 is 6.55 Å². The van der Waals surface area contributed by atoms with E-state index in [-0.39, 0.29) is 17.7 Å². The van der Waals surface area contributed by atoms with Gasteiger partial charge >= 0.3 is 6.55 Å². The molecule has 1 fully saturated rings. The summed E-state index contributed by atoms with van der Waals surface area (Å²) in [5, 5.41) is 3.63. The van der Waals surface area contributed by atoms with E-state index in [1.807, 2.05) is 12.1 Å². The number of ether oxygens (including phenoxy) is 1. The first kappa shape index (κ1) is 16.5. The van der Waals surface area contributed by atoms with Crippen molar-refractivity contribution in [1.82, 2.24) is 19.7 Å². The molecule has 0 N–H and O–H groups in total. The van der Waals surface area contributed by atoms with Gasteiger partial charge in [0, 0.05) is 31.7 Å². The topological polar surface area (TPSA) is 60.2 Å². The maximum absolute atomic E-state index is 12.6. The Hall–Kier alpha value is -2.35. The van der Waals surface area contributed by atoms with Crippen molar-refractivity contribution in [3.05, 3.63) is 48.0 Å². The zero-order valence-corrected chi connectivity index (χ0v) is 13.0. The molecule has 1 saturated heterocycles. The number of rotatable bonds is 5. The van der Waals surface area contributed by atoms with Crippen LogP contribution in [0.3, 0.4) is 0 Å². The number of nitrogens with zero attached hydrogens (tertiary/aromatic N) is 4. The summed E-state index contributed by atoms with van der Waals surface area (Å²) in [6, 6.07) is 5.08. The van der Waals surface area contributed by atoms with Gasteiger partial charge in [-0.25, -0.2) is 4.68 Å². The highest BCUT2D eigenvalue weighted by molar-refractivity contribution is 5.92. The van der Waals surface area contributed by atoms with Crippen LogP contribution < -0.4 is 0 Å². The average molecular weight is 336 g/mol.